The number of piperidine rings is 2. The SMILES string of the molecule is COC(=O)COC1CCN(Cc2cc(Cl)nc(Oc3cnc(N4CCC5C(CCN5C)C4)nc3)c2)CC1. The van der Waals surface area contributed by atoms with Crippen LogP contribution in [0.25, 0.3) is 0 Å². The number of hydrogen-bond acceptors (Lipinski definition) is 10. The zero-order chi connectivity index (χ0) is 25.8. The van der Waals surface area contributed by atoms with Gasteiger partial charge in [0.2, 0.25) is 11.8 Å². The van der Waals surface area contributed by atoms with E-state index < -0.39 is 0 Å². The number of methoxy groups -OCH3 is 1. The molecule has 3 fully saturated rings. The molecule has 2 atom stereocenters. The lowest BCUT2D eigenvalue weighted by atomic mass is 9.93. The number of likely N-dealkylation sites (tertiary alicyclic amines) is 2. The van der Waals surface area contributed by atoms with E-state index in [4.69, 9.17) is 21.1 Å². The number of anilines is 1. The molecule has 0 N–H and O–H groups in total. The van der Waals surface area contributed by atoms with E-state index in [9.17, 15) is 4.79 Å². The maximum absolute atomic E-state index is 11.3. The van der Waals surface area contributed by atoms with Crippen LogP contribution in [-0.2, 0) is 20.8 Å². The summed E-state index contributed by atoms with van der Waals surface area (Å²) in [4.78, 5) is 31.9. The van der Waals surface area contributed by atoms with Crippen molar-refractivity contribution in [1.29, 1.82) is 0 Å². The number of esters is 1. The lowest BCUT2D eigenvalue weighted by molar-refractivity contribution is -0.149. The quantitative estimate of drug-likeness (QED) is 0.374. The van der Waals surface area contributed by atoms with Crippen LogP contribution in [0, 0.1) is 5.92 Å². The van der Waals surface area contributed by atoms with Gasteiger partial charge in [-0.2, -0.15) is 0 Å². The Bertz CT molecular complexity index is 1070. The van der Waals surface area contributed by atoms with Gasteiger partial charge < -0.3 is 24.0 Å². The van der Waals surface area contributed by atoms with E-state index in [-0.39, 0.29) is 18.7 Å². The van der Waals surface area contributed by atoms with E-state index in [1.54, 1.807) is 12.4 Å². The molecule has 5 rings (SSSR count). The Kier molecular flexibility index (Phi) is 8.39. The lowest BCUT2D eigenvalue weighted by Gasteiger charge is -2.36. The van der Waals surface area contributed by atoms with E-state index in [2.05, 4.69) is 41.4 Å². The summed E-state index contributed by atoms with van der Waals surface area (Å²) >= 11 is 6.31. The molecule has 0 saturated carbocycles. The Morgan fingerprint density at radius 1 is 1.08 bits per heavy atom. The number of carbonyl (C=O) groups excluding carboxylic acids is 1. The fourth-order valence-corrected chi connectivity index (χ4v) is 5.87. The van der Waals surface area contributed by atoms with Crippen LogP contribution >= 0.6 is 11.6 Å². The minimum atomic E-state index is -0.344. The molecule has 0 spiro atoms. The predicted molar refractivity (Wildman–Crippen MR) is 139 cm³/mol. The first-order valence-electron chi connectivity index (χ1n) is 13.0. The molecular weight excluding hydrogens is 496 g/mol. The number of carbonyl (C=O) groups is 1. The van der Waals surface area contributed by atoms with Crippen molar-refractivity contribution in [3.63, 3.8) is 0 Å². The van der Waals surface area contributed by atoms with Crippen molar-refractivity contribution < 1.29 is 19.0 Å². The highest BCUT2D eigenvalue weighted by molar-refractivity contribution is 6.29. The van der Waals surface area contributed by atoms with Crippen molar-refractivity contribution in [2.24, 2.45) is 5.92 Å². The van der Waals surface area contributed by atoms with Crippen LogP contribution < -0.4 is 9.64 Å². The average Bonchev–Trinajstić information content (AvgIpc) is 3.28. The number of hydrogen-bond donors (Lipinski definition) is 0. The van der Waals surface area contributed by atoms with Crippen molar-refractivity contribution in [1.82, 2.24) is 24.8 Å². The Labute approximate surface area is 222 Å². The van der Waals surface area contributed by atoms with Crippen molar-refractivity contribution in [3.8, 4) is 11.6 Å². The third-order valence-electron chi connectivity index (χ3n) is 7.67. The molecule has 0 amide bonds. The first-order chi connectivity index (χ1) is 18.0. The van der Waals surface area contributed by atoms with Gasteiger partial charge in [0.05, 0.1) is 25.6 Å². The van der Waals surface area contributed by atoms with Crippen LogP contribution in [-0.4, -0.2) is 96.4 Å². The fourth-order valence-electron chi connectivity index (χ4n) is 5.65. The summed E-state index contributed by atoms with van der Waals surface area (Å²) < 4.78 is 16.2. The minimum absolute atomic E-state index is 0.00311. The molecule has 11 heteroatoms. The summed E-state index contributed by atoms with van der Waals surface area (Å²) in [5, 5.41) is 0.380. The van der Waals surface area contributed by atoms with Gasteiger partial charge >= 0.3 is 5.97 Å². The second-order valence-electron chi connectivity index (χ2n) is 10.2. The number of halogens is 1. The molecule has 0 radical (unpaired) electrons. The first-order valence-corrected chi connectivity index (χ1v) is 13.4. The molecule has 5 heterocycles. The highest BCUT2D eigenvalue weighted by Crippen LogP contribution is 2.32. The molecule has 37 heavy (non-hydrogen) atoms. The van der Waals surface area contributed by atoms with Crippen LogP contribution in [0.1, 0.15) is 31.2 Å². The van der Waals surface area contributed by atoms with Crippen LogP contribution in [0.3, 0.4) is 0 Å². The third-order valence-corrected chi connectivity index (χ3v) is 7.86. The molecule has 0 aromatic carbocycles. The van der Waals surface area contributed by atoms with Gasteiger partial charge in [-0.3, -0.25) is 4.90 Å². The Morgan fingerprint density at radius 3 is 2.62 bits per heavy atom. The summed E-state index contributed by atoms with van der Waals surface area (Å²) in [5.74, 6) is 2.04. The van der Waals surface area contributed by atoms with Crippen molar-refractivity contribution >= 4 is 23.5 Å². The highest BCUT2D eigenvalue weighted by Gasteiger charge is 2.37. The zero-order valence-corrected chi connectivity index (χ0v) is 22.3. The van der Waals surface area contributed by atoms with Crippen molar-refractivity contribution in [3.05, 3.63) is 35.2 Å². The fraction of sp³-hybridized carbons (Fsp3) is 0.615. The predicted octanol–water partition coefficient (Wildman–Crippen LogP) is 3.00. The van der Waals surface area contributed by atoms with E-state index >= 15 is 0 Å². The molecule has 2 unspecified atom stereocenters. The molecule has 2 aromatic rings. The van der Waals surface area contributed by atoms with Crippen LogP contribution in [0.15, 0.2) is 24.5 Å². The summed E-state index contributed by atoms with van der Waals surface area (Å²) in [7, 11) is 3.59. The zero-order valence-electron chi connectivity index (χ0n) is 21.5. The van der Waals surface area contributed by atoms with Gasteiger partial charge in [-0.1, -0.05) is 11.6 Å². The van der Waals surface area contributed by atoms with Gasteiger partial charge in [-0.25, -0.2) is 19.7 Å². The van der Waals surface area contributed by atoms with Gasteiger partial charge in [0.25, 0.3) is 0 Å². The van der Waals surface area contributed by atoms with Gasteiger partial charge in [0.15, 0.2) is 5.75 Å². The molecule has 10 nitrogen and oxygen atoms in total. The minimum Gasteiger partial charge on any atom is -0.467 e. The topological polar surface area (TPSA) is 93.1 Å². The number of rotatable bonds is 8. The molecule has 0 bridgehead atoms. The standard InChI is InChI=1S/C26H35ClN6O4/c1-31-7-3-19-16-33(10-6-22(19)31)26-28-13-21(14-29-26)37-24-12-18(11-23(27)30-24)15-32-8-4-20(5-9-32)36-17-25(34)35-2/h11-14,19-20,22H,3-10,15-17H2,1-2H3. The molecule has 0 aliphatic carbocycles. The number of pyridine rings is 1. The van der Waals surface area contributed by atoms with E-state index in [1.807, 2.05) is 12.1 Å². The van der Waals surface area contributed by atoms with Crippen LogP contribution in [0.5, 0.6) is 11.6 Å². The molecular formula is C26H35ClN6O4. The maximum atomic E-state index is 11.3. The number of nitrogens with zero attached hydrogens (tertiary/aromatic N) is 6. The Hall–Kier alpha value is -2.53. The molecule has 3 aliphatic rings. The van der Waals surface area contributed by atoms with E-state index in [0.29, 0.717) is 28.7 Å². The van der Waals surface area contributed by atoms with E-state index in [0.717, 1.165) is 63.5 Å². The second-order valence-corrected chi connectivity index (χ2v) is 10.5. The number of fused-ring (bicyclic) bond motifs is 1. The summed E-state index contributed by atoms with van der Waals surface area (Å²) in [6.07, 6.45) is 7.59. The average molecular weight is 531 g/mol. The molecule has 200 valence electrons. The van der Waals surface area contributed by atoms with Gasteiger partial charge in [0.1, 0.15) is 11.8 Å². The number of aromatic nitrogens is 3. The smallest absolute Gasteiger partial charge is 0.331 e. The Balaban J connectivity index is 1.14. The third kappa shape index (κ3) is 6.67. The summed E-state index contributed by atoms with van der Waals surface area (Å²) in [5.41, 5.74) is 1.02. The number of ether oxygens (including phenoxy) is 3. The van der Waals surface area contributed by atoms with Gasteiger partial charge in [0, 0.05) is 44.8 Å². The maximum Gasteiger partial charge on any atom is 0.331 e. The summed E-state index contributed by atoms with van der Waals surface area (Å²) in [6.45, 7) is 5.61. The van der Waals surface area contributed by atoms with Crippen LogP contribution in [0.4, 0.5) is 5.95 Å². The lowest BCUT2D eigenvalue weighted by Crippen LogP contribution is -2.45. The second kappa shape index (κ2) is 11.9. The molecule has 3 aliphatic heterocycles. The summed E-state index contributed by atoms with van der Waals surface area (Å²) in [6, 6.07) is 4.45. The van der Waals surface area contributed by atoms with Crippen LogP contribution in [0.2, 0.25) is 5.15 Å². The van der Waals surface area contributed by atoms with E-state index in [1.165, 1.54) is 20.1 Å². The largest absolute Gasteiger partial charge is 0.467 e. The van der Waals surface area contributed by atoms with Crippen molar-refractivity contribution in [2.75, 3.05) is 58.4 Å². The highest BCUT2D eigenvalue weighted by atomic mass is 35.5. The van der Waals surface area contributed by atoms with Gasteiger partial charge in [-0.15, -0.1) is 0 Å². The van der Waals surface area contributed by atoms with Gasteiger partial charge in [-0.05, 0) is 56.8 Å². The monoisotopic (exact) mass is 530 g/mol. The Morgan fingerprint density at radius 2 is 1.86 bits per heavy atom. The first kappa shape index (κ1) is 26.1. The molecule has 2 aromatic heterocycles. The molecule has 3 saturated heterocycles. The normalized spacial score (nSPS) is 23.2. The van der Waals surface area contributed by atoms with Crippen molar-refractivity contribution in [2.45, 2.75) is 44.4 Å².